The van der Waals surface area contributed by atoms with Gasteiger partial charge in [0.05, 0.1) is 10.1 Å². The number of isothiocyanates is 1. The van der Waals surface area contributed by atoms with Crippen LogP contribution in [0, 0.1) is 0 Å². The van der Waals surface area contributed by atoms with Crippen molar-refractivity contribution >= 4 is 27.2 Å². The highest BCUT2D eigenvalue weighted by atomic mass is 32.2. The van der Waals surface area contributed by atoms with Crippen molar-refractivity contribution in [2.24, 2.45) is 4.99 Å². The monoisotopic (exact) mass is 269 g/mol. The fraction of sp³-hybridized carbons (Fsp3) is 0.417. The van der Waals surface area contributed by atoms with E-state index in [0.717, 1.165) is 24.8 Å². The van der Waals surface area contributed by atoms with E-state index in [1.165, 1.54) is 6.26 Å². The molecule has 3 nitrogen and oxygen atoms in total. The van der Waals surface area contributed by atoms with Gasteiger partial charge in [0.2, 0.25) is 0 Å². The van der Waals surface area contributed by atoms with Crippen molar-refractivity contribution in [2.45, 2.75) is 24.2 Å². The topological polar surface area (TPSA) is 46.5 Å². The summed E-state index contributed by atoms with van der Waals surface area (Å²) in [6.45, 7) is 0.713. The van der Waals surface area contributed by atoms with E-state index in [1.54, 1.807) is 12.1 Å². The minimum absolute atomic E-state index is 0.367. The van der Waals surface area contributed by atoms with Crippen molar-refractivity contribution < 1.29 is 8.42 Å². The number of rotatable bonds is 6. The maximum Gasteiger partial charge on any atom is 0.175 e. The van der Waals surface area contributed by atoms with Crippen molar-refractivity contribution in [3.63, 3.8) is 0 Å². The highest BCUT2D eigenvalue weighted by Gasteiger charge is 2.05. The quantitative estimate of drug-likeness (QED) is 0.453. The zero-order valence-electron chi connectivity index (χ0n) is 9.72. The van der Waals surface area contributed by atoms with Gasteiger partial charge in [-0.25, -0.2) is 13.4 Å². The Balaban J connectivity index is 2.49. The van der Waals surface area contributed by atoms with Gasteiger partial charge in [-0.3, -0.25) is 0 Å². The molecule has 17 heavy (non-hydrogen) atoms. The van der Waals surface area contributed by atoms with E-state index in [9.17, 15) is 8.42 Å². The molecule has 0 N–H and O–H groups in total. The molecule has 92 valence electrons. The van der Waals surface area contributed by atoms with Crippen molar-refractivity contribution in [1.29, 1.82) is 0 Å². The highest BCUT2D eigenvalue weighted by molar-refractivity contribution is 7.90. The molecule has 1 aromatic carbocycles. The van der Waals surface area contributed by atoms with Crippen LogP contribution in [0.5, 0.6) is 0 Å². The SMILES string of the molecule is CS(=O)(=O)c1ccc(CCCCN=C=S)cc1. The number of unbranched alkanes of at least 4 members (excludes halogenated alkanes) is 1. The first-order valence-corrected chi connectivity index (χ1v) is 7.66. The number of thiocarbonyl (C=S) groups is 1. The number of aliphatic imine (C=N–C) groups is 1. The zero-order valence-corrected chi connectivity index (χ0v) is 11.4. The van der Waals surface area contributed by atoms with E-state index >= 15 is 0 Å². The predicted octanol–water partition coefficient (Wildman–Crippen LogP) is 2.52. The van der Waals surface area contributed by atoms with Crippen molar-refractivity contribution in [2.75, 3.05) is 12.8 Å². The Morgan fingerprint density at radius 2 is 1.88 bits per heavy atom. The van der Waals surface area contributed by atoms with Crippen LogP contribution in [0.4, 0.5) is 0 Å². The standard InChI is InChI=1S/C12H15NO2S2/c1-17(14,15)12-7-5-11(6-8-12)4-2-3-9-13-10-16/h5-8H,2-4,9H2,1H3. The number of hydrogen-bond donors (Lipinski definition) is 0. The molecular weight excluding hydrogens is 254 g/mol. The smallest absolute Gasteiger partial charge is 0.175 e. The summed E-state index contributed by atoms with van der Waals surface area (Å²) >= 11 is 4.47. The molecular formula is C12H15NO2S2. The van der Waals surface area contributed by atoms with E-state index in [-0.39, 0.29) is 0 Å². The molecule has 0 spiro atoms. The van der Waals surface area contributed by atoms with Gasteiger partial charge in [0.15, 0.2) is 9.84 Å². The molecule has 0 amide bonds. The van der Waals surface area contributed by atoms with Crippen molar-refractivity contribution in [3.05, 3.63) is 29.8 Å². The van der Waals surface area contributed by atoms with Crippen LogP contribution in [0.15, 0.2) is 34.2 Å². The summed E-state index contributed by atoms with van der Waals surface area (Å²) in [5.74, 6) is 0. The third-order valence-electron chi connectivity index (χ3n) is 2.40. The number of aryl methyl sites for hydroxylation is 1. The van der Waals surface area contributed by atoms with Crippen LogP contribution >= 0.6 is 12.2 Å². The minimum Gasteiger partial charge on any atom is -0.233 e. The second kappa shape index (κ2) is 6.64. The lowest BCUT2D eigenvalue weighted by molar-refractivity contribution is 0.602. The summed E-state index contributed by atoms with van der Waals surface area (Å²) in [5, 5.41) is 2.33. The van der Waals surface area contributed by atoms with Gasteiger partial charge in [-0.2, -0.15) is 0 Å². The van der Waals surface area contributed by atoms with Crippen LogP contribution in [0.25, 0.3) is 0 Å². The Morgan fingerprint density at radius 1 is 1.24 bits per heavy atom. The number of sulfone groups is 1. The van der Waals surface area contributed by atoms with Crippen molar-refractivity contribution in [3.8, 4) is 0 Å². The fourth-order valence-electron chi connectivity index (χ4n) is 1.47. The molecule has 0 fully saturated rings. The Bertz CT molecular complexity index is 500. The minimum atomic E-state index is -3.09. The van der Waals surface area contributed by atoms with Crippen LogP contribution < -0.4 is 0 Å². The molecule has 5 heteroatoms. The first-order chi connectivity index (χ1) is 8.04. The summed E-state index contributed by atoms with van der Waals surface area (Å²) in [7, 11) is -3.09. The predicted molar refractivity (Wildman–Crippen MR) is 72.4 cm³/mol. The lowest BCUT2D eigenvalue weighted by Gasteiger charge is -2.02. The molecule has 0 atom stereocenters. The summed E-state index contributed by atoms with van der Waals surface area (Å²) in [5.41, 5.74) is 1.14. The van der Waals surface area contributed by atoms with Gasteiger partial charge in [-0.05, 0) is 49.2 Å². The average Bonchev–Trinajstić information content (AvgIpc) is 2.28. The van der Waals surface area contributed by atoms with Gasteiger partial charge in [0.25, 0.3) is 0 Å². The van der Waals surface area contributed by atoms with Gasteiger partial charge < -0.3 is 0 Å². The maximum atomic E-state index is 11.2. The van der Waals surface area contributed by atoms with Crippen LogP contribution in [0.3, 0.4) is 0 Å². The van der Waals surface area contributed by atoms with Gasteiger partial charge >= 0.3 is 0 Å². The molecule has 1 aromatic rings. The summed E-state index contributed by atoms with van der Waals surface area (Å²) in [6, 6.07) is 7.03. The van der Waals surface area contributed by atoms with Crippen molar-refractivity contribution in [1.82, 2.24) is 0 Å². The summed E-state index contributed by atoms with van der Waals surface area (Å²) in [6.07, 6.45) is 4.12. The van der Waals surface area contributed by atoms with Crippen LogP contribution in [-0.2, 0) is 16.3 Å². The molecule has 0 aliphatic heterocycles. The largest absolute Gasteiger partial charge is 0.233 e. The molecule has 0 aliphatic rings. The van der Waals surface area contributed by atoms with Gasteiger partial charge in [-0.1, -0.05) is 12.1 Å². The van der Waals surface area contributed by atoms with Crippen LogP contribution in [0.1, 0.15) is 18.4 Å². The van der Waals surface area contributed by atoms with E-state index < -0.39 is 9.84 Å². The van der Waals surface area contributed by atoms with Crippen LogP contribution in [0.2, 0.25) is 0 Å². The first kappa shape index (κ1) is 14.0. The average molecular weight is 269 g/mol. The zero-order chi connectivity index (χ0) is 12.7. The molecule has 0 aromatic heterocycles. The third kappa shape index (κ3) is 5.22. The molecule has 0 aliphatic carbocycles. The molecule has 0 heterocycles. The normalized spacial score (nSPS) is 10.9. The van der Waals surface area contributed by atoms with Gasteiger partial charge in [0, 0.05) is 12.8 Å². The number of benzene rings is 1. The molecule has 0 radical (unpaired) electrons. The summed E-state index contributed by atoms with van der Waals surface area (Å²) < 4.78 is 22.5. The Kier molecular flexibility index (Phi) is 5.48. The Hall–Kier alpha value is -1.03. The fourth-order valence-corrected chi connectivity index (χ4v) is 2.19. The maximum absolute atomic E-state index is 11.2. The number of nitrogens with zero attached hydrogens (tertiary/aromatic N) is 1. The molecule has 0 unspecified atom stereocenters. The third-order valence-corrected chi connectivity index (χ3v) is 3.66. The molecule has 0 bridgehead atoms. The first-order valence-electron chi connectivity index (χ1n) is 5.36. The second-order valence-electron chi connectivity index (χ2n) is 3.85. The summed E-state index contributed by atoms with van der Waals surface area (Å²) in [4.78, 5) is 4.20. The second-order valence-corrected chi connectivity index (χ2v) is 6.04. The van der Waals surface area contributed by atoms with E-state index in [1.807, 2.05) is 12.1 Å². The van der Waals surface area contributed by atoms with Crippen LogP contribution in [-0.4, -0.2) is 26.4 Å². The molecule has 1 rings (SSSR count). The van der Waals surface area contributed by atoms with Gasteiger partial charge in [-0.15, -0.1) is 0 Å². The number of hydrogen-bond acceptors (Lipinski definition) is 4. The lowest BCUT2D eigenvalue weighted by Crippen LogP contribution is -1.97. The Morgan fingerprint density at radius 3 is 2.41 bits per heavy atom. The highest BCUT2D eigenvalue weighted by Crippen LogP contribution is 2.12. The molecule has 0 saturated heterocycles. The molecule has 0 saturated carbocycles. The van der Waals surface area contributed by atoms with E-state index in [0.29, 0.717) is 11.4 Å². The lowest BCUT2D eigenvalue weighted by atomic mass is 10.1. The van der Waals surface area contributed by atoms with E-state index in [4.69, 9.17) is 0 Å². The van der Waals surface area contributed by atoms with E-state index in [2.05, 4.69) is 22.4 Å². The van der Waals surface area contributed by atoms with Gasteiger partial charge in [0.1, 0.15) is 0 Å². The Labute approximate surface area is 108 Å².